The molecular formula is C14H18ClN3O2. The Bertz CT molecular complexity index is 637. The van der Waals surface area contributed by atoms with E-state index < -0.39 is 0 Å². The number of carbonyl (C=O) groups excluding carboxylic acids is 1. The van der Waals surface area contributed by atoms with Crippen LogP contribution in [-0.2, 0) is 4.79 Å². The number of amides is 1. The quantitative estimate of drug-likeness (QED) is 0.882. The van der Waals surface area contributed by atoms with Crippen LogP contribution in [0.25, 0.3) is 11.0 Å². The molecule has 0 radical (unpaired) electrons. The van der Waals surface area contributed by atoms with Crippen molar-refractivity contribution in [3.8, 4) is 5.75 Å². The van der Waals surface area contributed by atoms with Gasteiger partial charge in [0.15, 0.2) is 0 Å². The molecule has 0 saturated heterocycles. The van der Waals surface area contributed by atoms with Gasteiger partial charge in [-0.1, -0.05) is 0 Å². The average molecular weight is 296 g/mol. The minimum Gasteiger partial charge on any atom is -0.497 e. The number of alkyl halides is 1. The molecule has 1 aromatic heterocycles. The molecule has 1 aromatic carbocycles. The summed E-state index contributed by atoms with van der Waals surface area (Å²) in [4.78, 5) is 16.5. The van der Waals surface area contributed by atoms with Crippen LogP contribution in [0.3, 0.4) is 0 Å². The van der Waals surface area contributed by atoms with E-state index >= 15 is 0 Å². The van der Waals surface area contributed by atoms with Crippen LogP contribution in [0, 0.1) is 0 Å². The number of nitrogens with zero attached hydrogens (tertiary/aromatic N) is 2. The van der Waals surface area contributed by atoms with Gasteiger partial charge < -0.3 is 14.6 Å². The number of nitrogens with one attached hydrogen (secondary N) is 1. The Morgan fingerprint density at radius 3 is 2.70 bits per heavy atom. The van der Waals surface area contributed by atoms with E-state index in [1.807, 2.05) is 36.6 Å². The molecule has 0 aliphatic rings. The number of hydrogen-bond acceptors (Lipinski definition) is 3. The molecule has 2 aromatic rings. The first-order chi connectivity index (χ1) is 9.49. The molecule has 0 bridgehead atoms. The molecule has 20 heavy (non-hydrogen) atoms. The smallest absolute Gasteiger partial charge is 0.242 e. The second-order valence-electron chi connectivity index (χ2n) is 4.60. The van der Waals surface area contributed by atoms with Crippen LogP contribution in [0.2, 0.25) is 0 Å². The lowest BCUT2D eigenvalue weighted by Crippen LogP contribution is -2.28. The second-order valence-corrected chi connectivity index (χ2v) is 5.26. The van der Waals surface area contributed by atoms with Gasteiger partial charge in [0.05, 0.1) is 23.5 Å². The van der Waals surface area contributed by atoms with Crippen LogP contribution in [0.1, 0.15) is 31.1 Å². The zero-order chi connectivity index (χ0) is 14.9. The van der Waals surface area contributed by atoms with E-state index in [0.717, 1.165) is 16.8 Å². The lowest BCUT2D eigenvalue weighted by Gasteiger charge is -2.17. The Balaban J connectivity index is 2.66. The van der Waals surface area contributed by atoms with Crippen LogP contribution >= 0.6 is 11.6 Å². The van der Waals surface area contributed by atoms with Crippen molar-refractivity contribution in [2.45, 2.75) is 25.3 Å². The topological polar surface area (TPSA) is 56.2 Å². The highest BCUT2D eigenvalue weighted by Crippen LogP contribution is 2.30. The molecular weight excluding hydrogens is 278 g/mol. The highest BCUT2D eigenvalue weighted by Gasteiger charge is 2.23. The number of fused-ring (bicyclic) bond motifs is 1. The van der Waals surface area contributed by atoms with Crippen molar-refractivity contribution in [3.63, 3.8) is 0 Å². The van der Waals surface area contributed by atoms with E-state index in [1.54, 1.807) is 14.2 Å². The summed E-state index contributed by atoms with van der Waals surface area (Å²) in [6.07, 6.45) is 0. The fraction of sp³-hybridized carbons (Fsp3) is 0.429. The van der Waals surface area contributed by atoms with Gasteiger partial charge >= 0.3 is 0 Å². The number of imidazole rings is 1. The Labute approximate surface area is 122 Å². The number of carbonyl (C=O) groups is 1. The third-order valence-electron chi connectivity index (χ3n) is 3.29. The summed E-state index contributed by atoms with van der Waals surface area (Å²) >= 11 is 6.20. The van der Waals surface area contributed by atoms with Gasteiger partial charge in [-0.2, -0.15) is 0 Å². The summed E-state index contributed by atoms with van der Waals surface area (Å²) in [5, 5.41) is 2.36. The van der Waals surface area contributed by atoms with Crippen LogP contribution in [0.15, 0.2) is 18.2 Å². The Hall–Kier alpha value is -1.75. The van der Waals surface area contributed by atoms with Crippen molar-refractivity contribution < 1.29 is 9.53 Å². The first kappa shape index (κ1) is 14.7. The maximum atomic E-state index is 11.9. The predicted octanol–water partition coefficient (Wildman–Crippen LogP) is 2.65. The number of methoxy groups -OCH3 is 1. The Morgan fingerprint density at radius 2 is 2.15 bits per heavy atom. The molecule has 0 aliphatic carbocycles. The zero-order valence-corrected chi connectivity index (χ0v) is 12.7. The fourth-order valence-electron chi connectivity index (χ4n) is 2.24. The van der Waals surface area contributed by atoms with Gasteiger partial charge in [-0.3, -0.25) is 4.79 Å². The minimum absolute atomic E-state index is 0.0846. The van der Waals surface area contributed by atoms with Crippen LogP contribution in [-0.4, -0.2) is 29.6 Å². The normalized spacial score (nSPS) is 14.1. The highest BCUT2D eigenvalue weighted by molar-refractivity contribution is 6.20. The number of halogens is 1. The van der Waals surface area contributed by atoms with E-state index in [-0.39, 0.29) is 17.3 Å². The summed E-state index contributed by atoms with van der Waals surface area (Å²) in [6.45, 7) is 3.67. The van der Waals surface area contributed by atoms with Gasteiger partial charge in [0.1, 0.15) is 17.6 Å². The van der Waals surface area contributed by atoms with Gasteiger partial charge in [-0.05, 0) is 26.0 Å². The van der Waals surface area contributed by atoms with Gasteiger partial charge in [-0.15, -0.1) is 11.6 Å². The van der Waals surface area contributed by atoms with Crippen molar-refractivity contribution in [2.75, 3.05) is 14.2 Å². The van der Waals surface area contributed by atoms with Crippen molar-refractivity contribution >= 4 is 28.5 Å². The van der Waals surface area contributed by atoms with Crippen molar-refractivity contribution in [1.29, 1.82) is 0 Å². The zero-order valence-electron chi connectivity index (χ0n) is 12.0. The first-order valence-electron chi connectivity index (χ1n) is 6.41. The molecule has 108 valence electrons. The van der Waals surface area contributed by atoms with Crippen LogP contribution in [0.5, 0.6) is 5.75 Å². The Morgan fingerprint density at radius 1 is 1.45 bits per heavy atom. The van der Waals surface area contributed by atoms with E-state index in [9.17, 15) is 4.79 Å². The van der Waals surface area contributed by atoms with Crippen LogP contribution < -0.4 is 10.1 Å². The summed E-state index contributed by atoms with van der Waals surface area (Å²) in [6, 6.07) is 5.20. The standard InChI is InChI=1S/C14H18ClN3O2/c1-8(15)13-17-11-7-10(20-4)5-6-12(11)18(13)9(2)14(19)16-3/h5-9H,1-4H3,(H,16,19). The van der Waals surface area contributed by atoms with Gasteiger partial charge in [0.2, 0.25) is 5.91 Å². The molecule has 0 fully saturated rings. The highest BCUT2D eigenvalue weighted by atomic mass is 35.5. The van der Waals surface area contributed by atoms with Gasteiger partial charge in [0, 0.05) is 13.1 Å². The average Bonchev–Trinajstić information content (AvgIpc) is 2.83. The third-order valence-corrected chi connectivity index (χ3v) is 3.49. The molecule has 0 saturated carbocycles. The summed E-state index contributed by atoms with van der Waals surface area (Å²) in [7, 11) is 3.22. The predicted molar refractivity (Wildman–Crippen MR) is 79.3 cm³/mol. The summed E-state index contributed by atoms with van der Waals surface area (Å²) in [5.41, 5.74) is 1.63. The largest absolute Gasteiger partial charge is 0.497 e. The van der Waals surface area contributed by atoms with E-state index in [0.29, 0.717) is 5.82 Å². The second kappa shape index (κ2) is 5.71. The molecule has 1 amide bonds. The summed E-state index contributed by atoms with van der Waals surface area (Å²) in [5.74, 6) is 1.31. The minimum atomic E-state index is -0.380. The van der Waals surface area contributed by atoms with Crippen molar-refractivity contribution in [2.24, 2.45) is 0 Å². The molecule has 1 heterocycles. The number of ether oxygens (including phenoxy) is 1. The lowest BCUT2D eigenvalue weighted by atomic mass is 10.2. The maximum Gasteiger partial charge on any atom is 0.242 e. The maximum absolute atomic E-state index is 11.9. The lowest BCUT2D eigenvalue weighted by molar-refractivity contribution is -0.123. The molecule has 0 aliphatic heterocycles. The molecule has 0 spiro atoms. The number of aromatic nitrogens is 2. The van der Waals surface area contributed by atoms with Crippen molar-refractivity contribution in [1.82, 2.24) is 14.9 Å². The van der Waals surface area contributed by atoms with E-state index in [1.165, 1.54) is 0 Å². The third kappa shape index (κ3) is 2.45. The van der Waals surface area contributed by atoms with Crippen molar-refractivity contribution in [3.05, 3.63) is 24.0 Å². The SMILES string of the molecule is CNC(=O)C(C)n1c(C(C)Cl)nc2cc(OC)ccc21. The van der Waals surface area contributed by atoms with E-state index in [2.05, 4.69) is 10.3 Å². The molecule has 2 unspecified atom stereocenters. The van der Waals surface area contributed by atoms with Crippen LogP contribution in [0.4, 0.5) is 0 Å². The number of likely N-dealkylation sites (N-methyl/N-ethyl adjacent to an activating group) is 1. The molecule has 6 heteroatoms. The molecule has 2 atom stereocenters. The molecule has 2 rings (SSSR count). The molecule has 5 nitrogen and oxygen atoms in total. The number of rotatable bonds is 4. The Kier molecular flexibility index (Phi) is 4.18. The van der Waals surface area contributed by atoms with E-state index in [4.69, 9.17) is 16.3 Å². The molecule has 1 N–H and O–H groups in total. The number of hydrogen-bond donors (Lipinski definition) is 1. The fourth-order valence-corrected chi connectivity index (χ4v) is 2.39. The van der Waals surface area contributed by atoms with Gasteiger partial charge in [0.25, 0.3) is 0 Å². The van der Waals surface area contributed by atoms with Gasteiger partial charge in [-0.25, -0.2) is 4.98 Å². The first-order valence-corrected chi connectivity index (χ1v) is 6.84. The summed E-state index contributed by atoms with van der Waals surface area (Å²) < 4.78 is 7.07. The monoisotopic (exact) mass is 295 g/mol. The number of benzene rings is 1.